The summed E-state index contributed by atoms with van der Waals surface area (Å²) >= 11 is 2.04. The fraction of sp³-hybridized carbons (Fsp3) is 0.520. The summed E-state index contributed by atoms with van der Waals surface area (Å²) in [5, 5.41) is 31.2. The molecule has 19 heteroatoms. The number of nitrogens with zero attached hydrogens (tertiary/aromatic N) is 4. The van der Waals surface area contributed by atoms with Crippen molar-refractivity contribution >= 4 is 63.7 Å². The number of Topliss-reactive ketones (excluding diaryl/α,β-unsaturated/α-hetero) is 1. The van der Waals surface area contributed by atoms with E-state index in [9.17, 15) is 34.2 Å². The molecule has 0 bridgehead atoms. The number of aromatic nitrogens is 2. The number of hydrogen-bond acceptors (Lipinski definition) is 14. The maximum absolute atomic E-state index is 13.2. The Morgan fingerprint density at radius 1 is 1.27 bits per heavy atom. The molecule has 1 aromatic rings. The number of aliphatic carboxylic acids is 2. The van der Waals surface area contributed by atoms with Crippen LogP contribution in [0.15, 0.2) is 28.1 Å². The molecule has 2 unspecified atom stereocenters. The Bertz CT molecular complexity index is 1470. The zero-order chi connectivity index (χ0) is 31.1. The summed E-state index contributed by atoms with van der Waals surface area (Å²) in [6.07, 6.45) is 3.00. The molecule has 7 N–H and O–H groups in total. The molecular weight excluding hydrogens is 627 g/mol. The summed E-state index contributed by atoms with van der Waals surface area (Å²) in [7, 11) is 0. The van der Waals surface area contributed by atoms with Gasteiger partial charge in [0.05, 0.1) is 6.04 Å². The van der Waals surface area contributed by atoms with E-state index >= 15 is 0 Å². The van der Waals surface area contributed by atoms with Crippen LogP contribution in [-0.2, 0) is 28.8 Å². The molecule has 3 fully saturated rings. The monoisotopic (exact) mass is 657 g/mol. The van der Waals surface area contributed by atoms with Gasteiger partial charge in [0.1, 0.15) is 17.1 Å². The number of nitrogen functional groups attached to an aromatic ring is 1. The Kier molecular flexibility index (Phi) is 10.5. The molecular formula is C25H30N8NaO8S2+. The van der Waals surface area contributed by atoms with E-state index < -0.39 is 46.5 Å². The number of carboxylic acid groups (broad SMARTS) is 2. The molecule has 5 rings (SSSR count). The Hall–Kier alpha value is -2.87. The van der Waals surface area contributed by atoms with E-state index in [1.807, 2.05) is 0 Å². The van der Waals surface area contributed by atoms with Gasteiger partial charge in [-0.1, -0.05) is 16.8 Å². The Morgan fingerprint density at radius 3 is 2.64 bits per heavy atom. The number of rotatable bonds is 10. The van der Waals surface area contributed by atoms with Crippen LogP contribution in [0, 0.1) is 5.92 Å². The van der Waals surface area contributed by atoms with E-state index in [0.29, 0.717) is 25.1 Å². The normalized spacial score (nSPS) is 26.1. The third kappa shape index (κ3) is 6.85. The Morgan fingerprint density at radius 2 is 2.02 bits per heavy atom. The van der Waals surface area contributed by atoms with E-state index in [1.54, 1.807) is 6.08 Å². The van der Waals surface area contributed by atoms with E-state index in [4.69, 9.17) is 10.6 Å². The topological polar surface area (TPSA) is 239 Å². The molecule has 4 aliphatic heterocycles. The van der Waals surface area contributed by atoms with Crippen LogP contribution in [-0.4, -0.2) is 108 Å². The molecule has 3 saturated heterocycles. The van der Waals surface area contributed by atoms with Crippen LogP contribution in [0.4, 0.5) is 5.13 Å². The van der Waals surface area contributed by atoms with E-state index in [1.165, 1.54) is 25.6 Å². The second-order valence-electron chi connectivity index (χ2n) is 10.9. The average Bonchev–Trinajstić information content (AvgIpc) is 3.74. The van der Waals surface area contributed by atoms with E-state index in [2.05, 4.69) is 30.5 Å². The van der Waals surface area contributed by atoms with E-state index in [-0.39, 0.29) is 69.7 Å². The molecule has 0 radical (unpaired) electrons. The first-order valence-electron chi connectivity index (χ1n) is 13.4. The molecule has 4 aliphatic rings. The van der Waals surface area contributed by atoms with Gasteiger partial charge in [0.15, 0.2) is 10.9 Å². The summed E-state index contributed by atoms with van der Waals surface area (Å²) in [6, 6.07) is -1.44. The fourth-order valence-electron chi connectivity index (χ4n) is 5.08. The second kappa shape index (κ2) is 13.6. The first-order valence-corrected chi connectivity index (χ1v) is 15.2. The molecule has 0 saturated carbocycles. The predicted molar refractivity (Wildman–Crippen MR) is 154 cm³/mol. The predicted octanol–water partition coefficient (Wildman–Crippen LogP) is -4.09. The number of oxime groups is 1. The van der Waals surface area contributed by atoms with Crippen LogP contribution in [0.5, 0.6) is 0 Å². The van der Waals surface area contributed by atoms with Gasteiger partial charge < -0.3 is 36.7 Å². The minimum Gasteiger partial charge on any atom is -0.478 e. The number of carboxylic acids is 2. The van der Waals surface area contributed by atoms with Crippen molar-refractivity contribution in [2.45, 2.75) is 49.7 Å². The largest absolute Gasteiger partial charge is 1.00 e. The van der Waals surface area contributed by atoms with Crippen LogP contribution in [0.25, 0.3) is 0 Å². The van der Waals surface area contributed by atoms with Crippen molar-refractivity contribution in [3.63, 3.8) is 0 Å². The fourth-order valence-corrected chi connectivity index (χ4v) is 6.82. The van der Waals surface area contributed by atoms with Gasteiger partial charge in [-0.15, -0.1) is 11.8 Å². The van der Waals surface area contributed by atoms with Gasteiger partial charge in [-0.25, -0.2) is 9.59 Å². The van der Waals surface area contributed by atoms with Gasteiger partial charge in [0.25, 0.3) is 11.8 Å². The molecule has 0 aromatic carbocycles. The zero-order valence-electron chi connectivity index (χ0n) is 24.2. The first-order chi connectivity index (χ1) is 20.4. The van der Waals surface area contributed by atoms with Crippen molar-refractivity contribution in [3.05, 3.63) is 28.7 Å². The van der Waals surface area contributed by atoms with Crippen molar-refractivity contribution in [3.8, 4) is 0 Å². The van der Waals surface area contributed by atoms with Crippen molar-refractivity contribution in [1.29, 1.82) is 0 Å². The molecule has 4 atom stereocenters. The number of carbonyl (C=O) groups excluding carboxylic acids is 3. The van der Waals surface area contributed by atoms with Crippen molar-refractivity contribution in [2.24, 2.45) is 11.1 Å². The molecule has 5 heterocycles. The van der Waals surface area contributed by atoms with Crippen molar-refractivity contribution in [1.82, 2.24) is 30.2 Å². The van der Waals surface area contributed by atoms with Crippen LogP contribution in [0.2, 0.25) is 0 Å². The quantitative estimate of drug-likeness (QED) is 0.0607. The van der Waals surface area contributed by atoms with Gasteiger partial charge in [-0.3, -0.25) is 19.3 Å². The van der Waals surface area contributed by atoms with Crippen molar-refractivity contribution in [2.75, 3.05) is 31.1 Å². The summed E-state index contributed by atoms with van der Waals surface area (Å²) in [5.74, 6) is -4.09. The number of thioether (sulfide) groups is 1. The number of ketones is 1. The summed E-state index contributed by atoms with van der Waals surface area (Å²) in [6.45, 7) is 4.36. The molecule has 230 valence electrons. The number of carbonyl (C=O) groups is 5. The SMILES string of the molecule is CC(C)(O/N=C(\C(=O)N[C@@H]1C(=O)N2C(C(=O)O)=C(/C=C3\CNC(C(=O)C4CCNC4)C3)CS[C@H]12)c1nsc(N)n1)C(=O)O.[Na+]. The molecule has 2 amide bonds. The van der Waals surface area contributed by atoms with Gasteiger partial charge in [-0.2, -0.15) is 9.36 Å². The van der Waals surface area contributed by atoms with Gasteiger partial charge in [0, 0.05) is 36.3 Å². The number of β-lactam (4-membered cyclic amide) rings is 1. The second-order valence-corrected chi connectivity index (χ2v) is 12.8. The zero-order valence-corrected chi connectivity index (χ0v) is 27.8. The molecule has 16 nitrogen and oxygen atoms in total. The number of fused-ring (bicyclic) bond motifs is 1. The van der Waals surface area contributed by atoms with Crippen molar-refractivity contribution < 1.29 is 68.6 Å². The smallest absolute Gasteiger partial charge is 0.478 e. The van der Waals surface area contributed by atoms with Crippen LogP contribution < -0.4 is 51.2 Å². The van der Waals surface area contributed by atoms with E-state index in [0.717, 1.165) is 35.0 Å². The minimum atomic E-state index is -1.79. The van der Waals surface area contributed by atoms with Crippen LogP contribution in [0.1, 0.15) is 32.5 Å². The molecule has 44 heavy (non-hydrogen) atoms. The number of amides is 2. The Balaban J connectivity index is 0.00000442. The maximum atomic E-state index is 13.2. The Labute approximate surface area is 281 Å². The van der Waals surface area contributed by atoms with Crippen LogP contribution >= 0.6 is 23.3 Å². The standard InChI is InChI=1S/C25H30N8O8S2.Na/c1-25(2,23(39)40)41-31-14(18-30-24(26)43-32-18)19(35)29-15-20(36)33-16(22(37)38)12(9-42-21(15)33)5-10-6-13(28-7-10)17(34)11-3-4-27-8-11;/h5,11,13,15,21,27-28H,3-4,6-9H2,1-2H3,(H,29,35)(H,37,38)(H,39,40)(H2,26,30,32);/q;+1/b10-5-,31-14-;/t11?,13?,15-,21-;/m1./s1. The number of nitrogens with one attached hydrogen (secondary N) is 3. The first kappa shape index (κ1) is 34.0. The van der Waals surface area contributed by atoms with Crippen LogP contribution in [0.3, 0.4) is 0 Å². The number of anilines is 1. The third-order valence-corrected chi connectivity index (χ3v) is 9.31. The summed E-state index contributed by atoms with van der Waals surface area (Å²) in [5.41, 5.74) is 4.46. The summed E-state index contributed by atoms with van der Waals surface area (Å²) in [4.78, 5) is 73.1. The average molecular weight is 658 g/mol. The number of nitrogens with two attached hydrogens (primary N) is 1. The minimum absolute atomic E-state index is 0. The van der Waals surface area contributed by atoms with Gasteiger partial charge in [0.2, 0.25) is 17.1 Å². The summed E-state index contributed by atoms with van der Waals surface area (Å²) < 4.78 is 3.93. The molecule has 0 spiro atoms. The number of hydrogen-bond donors (Lipinski definition) is 6. The van der Waals surface area contributed by atoms with Gasteiger partial charge in [-0.05, 0) is 38.8 Å². The third-order valence-electron chi connectivity index (χ3n) is 7.46. The maximum Gasteiger partial charge on any atom is 1.00 e. The number of allylic oxidation sites excluding steroid dienone is 1. The molecule has 1 aromatic heterocycles. The van der Waals surface area contributed by atoms with Gasteiger partial charge >= 0.3 is 41.5 Å². The molecule has 0 aliphatic carbocycles.